The minimum atomic E-state index is -0.553. The summed E-state index contributed by atoms with van der Waals surface area (Å²) in [5, 5.41) is 2.48. The highest BCUT2D eigenvalue weighted by atomic mass is 16.5. The van der Waals surface area contributed by atoms with Gasteiger partial charge in [0.25, 0.3) is 0 Å². The van der Waals surface area contributed by atoms with Crippen molar-refractivity contribution in [3.05, 3.63) is 0 Å². The molecule has 0 saturated carbocycles. The lowest BCUT2D eigenvalue weighted by Gasteiger charge is -2.17. The van der Waals surface area contributed by atoms with Crippen LogP contribution in [0.25, 0.3) is 0 Å². The van der Waals surface area contributed by atoms with Crippen LogP contribution < -0.4 is 5.32 Å². The molecular formula is C8H15NO4. The summed E-state index contributed by atoms with van der Waals surface area (Å²) in [6.45, 7) is 3.38. The Hall–Kier alpha value is -1.26. The summed E-state index contributed by atoms with van der Waals surface area (Å²) < 4.78 is 8.90. The largest absolute Gasteiger partial charge is 0.469 e. The predicted octanol–water partition coefficient (Wildman–Crippen LogP) is 0.540. The Morgan fingerprint density at radius 1 is 1.15 bits per heavy atom. The molecule has 0 fully saturated rings. The Kier molecular flexibility index (Phi) is 4.87. The number of carbonyl (C=O) groups excluding carboxylic acids is 2. The standard InChI is InChI=1S/C8H15NO4/c1-5(7(10)12-3)6(2)9-8(11)13-4/h5-6H,1-4H3,(H,9,11)/t5-,6-/m0/s1. The van der Waals surface area contributed by atoms with Crippen LogP contribution in [0.3, 0.4) is 0 Å². The summed E-state index contributed by atoms with van der Waals surface area (Å²) in [6, 6.07) is -0.306. The fourth-order valence-corrected chi connectivity index (χ4v) is 0.760. The van der Waals surface area contributed by atoms with Crippen LogP contribution in [0.4, 0.5) is 4.79 Å². The molecule has 2 atom stereocenters. The first-order valence-corrected chi connectivity index (χ1v) is 3.95. The molecule has 0 aliphatic carbocycles. The van der Waals surface area contributed by atoms with Gasteiger partial charge in [0.1, 0.15) is 0 Å². The summed E-state index contributed by atoms with van der Waals surface area (Å²) in [6.07, 6.45) is -0.553. The quantitative estimate of drug-likeness (QED) is 0.658. The molecule has 0 aliphatic rings. The average Bonchev–Trinajstić information content (AvgIpc) is 2.14. The van der Waals surface area contributed by atoms with Gasteiger partial charge in [0, 0.05) is 6.04 Å². The van der Waals surface area contributed by atoms with E-state index in [1.165, 1.54) is 14.2 Å². The summed E-state index contributed by atoms with van der Waals surface area (Å²) in [5.74, 6) is -0.743. The molecule has 5 heteroatoms. The number of hydrogen-bond donors (Lipinski definition) is 1. The highest BCUT2D eigenvalue weighted by Crippen LogP contribution is 2.04. The van der Waals surface area contributed by atoms with Crippen molar-refractivity contribution in [2.45, 2.75) is 19.9 Å². The Morgan fingerprint density at radius 3 is 2.08 bits per heavy atom. The Bertz CT molecular complexity index is 193. The molecule has 5 nitrogen and oxygen atoms in total. The molecule has 0 spiro atoms. The van der Waals surface area contributed by atoms with E-state index in [0.717, 1.165) is 0 Å². The molecule has 0 aromatic heterocycles. The van der Waals surface area contributed by atoms with Crippen LogP contribution in [0.5, 0.6) is 0 Å². The third-order valence-corrected chi connectivity index (χ3v) is 1.85. The van der Waals surface area contributed by atoms with Gasteiger partial charge >= 0.3 is 12.1 Å². The molecule has 0 heterocycles. The number of rotatable bonds is 3. The Morgan fingerprint density at radius 2 is 1.69 bits per heavy atom. The number of alkyl carbamates (subject to hydrolysis) is 1. The lowest BCUT2D eigenvalue weighted by molar-refractivity contribution is -0.145. The molecule has 0 unspecified atom stereocenters. The van der Waals surface area contributed by atoms with Gasteiger partial charge in [-0.2, -0.15) is 0 Å². The van der Waals surface area contributed by atoms with Crippen molar-refractivity contribution in [3.8, 4) is 0 Å². The van der Waals surface area contributed by atoms with Gasteiger partial charge in [-0.25, -0.2) is 4.79 Å². The van der Waals surface area contributed by atoms with E-state index in [1.54, 1.807) is 13.8 Å². The molecule has 0 saturated heterocycles. The van der Waals surface area contributed by atoms with Crippen molar-refractivity contribution >= 4 is 12.1 Å². The lowest BCUT2D eigenvalue weighted by atomic mass is 10.0. The van der Waals surface area contributed by atoms with E-state index < -0.39 is 6.09 Å². The number of amides is 1. The van der Waals surface area contributed by atoms with Crippen LogP contribution in [0, 0.1) is 5.92 Å². The maximum atomic E-state index is 11.0. The predicted molar refractivity (Wildman–Crippen MR) is 46.2 cm³/mol. The fourth-order valence-electron chi connectivity index (χ4n) is 0.760. The molecule has 0 rings (SSSR count). The van der Waals surface area contributed by atoms with E-state index in [-0.39, 0.29) is 17.9 Å². The van der Waals surface area contributed by atoms with Crippen LogP contribution in [0.2, 0.25) is 0 Å². The van der Waals surface area contributed by atoms with E-state index in [1.807, 2.05) is 0 Å². The fraction of sp³-hybridized carbons (Fsp3) is 0.750. The molecule has 13 heavy (non-hydrogen) atoms. The highest BCUT2D eigenvalue weighted by molar-refractivity contribution is 5.74. The minimum absolute atomic E-state index is 0.306. The number of methoxy groups -OCH3 is 2. The van der Waals surface area contributed by atoms with Gasteiger partial charge in [-0.1, -0.05) is 0 Å². The van der Waals surface area contributed by atoms with Crippen molar-refractivity contribution in [1.29, 1.82) is 0 Å². The van der Waals surface area contributed by atoms with Gasteiger partial charge in [-0.15, -0.1) is 0 Å². The van der Waals surface area contributed by atoms with Crippen LogP contribution in [-0.2, 0) is 14.3 Å². The van der Waals surface area contributed by atoms with Crippen molar-refractivity contribution < 1.29 is 19.1 Å². The van der Waals surface area contributed by atoms with Crippen LogP contribution >= 0.6 is 0 Å². The number of esters is 1. The second-order valence-corrected chi connectivity index (χ2v) is 2.74. The van der Waals surface area contributed by atoms with E-state index >= 15 is 0 Å². The van der Waals surface area contributed by atoms with Crippen molar-refractivity contribution in [2.24, 2.45) is 5.92 Å². The Balaban J connectivity index is 4.02. The number of nitrogens with one attached hydrogen (secondary N) is 1. The van der Waals surface area contributed by atoms with E-state index in [9.17, 15) is 9.59 Å². The van der Waals surface area contributed by atoms with Crippen LogP contribution in [-0.4, -0.2) is 32.3 Å². The topological polar surface area (TPSA) is 64.6 Å². The van der Waals surface area contributed by atoms with Gasteiger partial charge in [-0.05, 0) is 13.8 Å². The van der Waals surface area contributed by atoms with Crippen LogP contribution in [0.1, 0.15) is 13.8 Å². The smallest absolute Gasteiger partial charge is 0.407 e. The maximum absolute atomic E-state index is 11.0. The summed E-state index contributed by atoms with van der Waals surface area (Å²) in [4.78, 5) is 21.8. The van der Waals surface area contributed by atoms with Crippen LogP contribution in [0.15, 0.2) is 0 Å². The molecule has 1 N–H and O–H groups in total. The third-order valence-electron chi connectivity index (χ3n) is 1.85. The zero-order valence-corrected chi connectivity index (χ0v) is 8.29. The van der Waals surface area contributed by atoms with Gasteiger partial charge in [0.05, 0.1) is 20.1 Å². The van der Waals surface area contributed by atoms with Crippen molar-refractivity contribution in [1.82, 2.24) is 5.32 Å². The summed E-state index contributed by atoms with van der Waals surface area (Å²) >= 11 is 0. The van der Waals surface area contributed by atoms with Gasteiger partial charge in [0.15, 0.2) is 0 Å². The first-order valence-electron chi connectivity index (χ1n) is 3.95. The second kappa shape index (κ2) is 5.40. The van der Waals surface area contributed by atoms with Crippen molar-refractivity contribution in [3.63, 3.8) is 0 Å². The normalized spacial score (nSPS) is 14.2. The number of hydrogen-bond acceptors (Lipinski definition) is 4. The summed E-state index contributed by atoms with van der Waals surface area (Å²) in [5.41, 5.74) is 0. The van der Waals surface area contributed by atoms with E-state index in [0.29, 0.717) is 0 Å². The minimum Gasteiger partial charge on any atom is -0.469 e. The average molecular weight is 189 g/mol. The van der Waals surface area contributed by atoms with Crippen molar-refractivity contribution in [2.75, 3.05) is 14.2 Å². The Labute approximate surface area is 77.4 Å². The molecule has 76 valence electrons. The molecule has 0 bridgehead atoms. The SMILES string of the molecule is COC(=O)N[C@@H](C)[C@H](C)C(=O)OC. The zero-order chi connectivity index (χ0) is 10.4. The number of ether oxygens (including phenoxy) is 2. The zero-order valence-electron chi connectivity index (χ0n) is 8.29. The highest BCUT2D eigenvalue weighted by Gasteiger charge is 2.22. The first-order chi connectivity index (χ1) is 6.02. The monoisotopic (exact) mass is 189 g/mol. The molecule has 1 amide bonds. The molecule has 0 aliphatic heterocycles. The van der Waals surface area contributed by atoms with E-state index in [4.69, 9.17) is 0 Å². The molecule has 0 aromatic carbocycles. The molecule has 0 aromatic rings. The van der Waals surface area contributed by atoms with Gasteiger partial charge in [-0.3, -0.25) is 4.79 Å². The van der Waals surface area contributed by atoms with Gasteiger partial charge in [0.2, 0.25) is 0 Å². The first kappa shape index (κ1) is 11.7. The lowest BCUT2D eigenvalue weighted by Crippen LogP contribution is -2.40. The summed E-state index contributed by atoms with van der Waals surface area (Å²) in [7, 11) is 2.58. The van der Waals surface area contributed by atoms with Gasteiger partial charge < -0.3 is 14.8 Å². The van der Waals surface area contributed by atoms with E-state index in [2.05, 4.69) is 14.8 Å². The molecular weight excluding hydrogens is 174 g/mol. The second-order valence-electron chi connectivity index (χ2n) is 2.74. The third kappa shape index (κ3) is 3.78. The maximum Gasteiger partial charge on any atom is 0.407 e. The molecule has 0 radical (unpaired) electrons. The number of carbonyl (C=O) groups is 2.